The molecule has 28 heavy (non-hydrogen) atoms. The lowest BCUT2D eigenvalue weighted by molar-refractivity contribution is -0.130. The first kappa shape index (κ1) is 20.1. The molecule has 1 aromatic heterocycles. The second-order valence-corrected chi connectivity index (χ2v) is 7.45. The highest BCUT2D eigenvalue weighted by Crippen LogP contribution is 2.36. The van der Waals surface area contributed by atoms with Crippen LogP contribution in [0.15, 0.2) is 64.5 Å². The van der Waals surface area contributed by atoms with E-state index >= 15 is 0 Å². The molecule has 0 saturated heterocycles. The number of carbonyl (C=O) groups excluding carboxylic acids is 1. The minimum atomic E-state index is -0.452. The van der Waals surface area contributed by atoms with E-state index in [9.17, 15) is 9.59 Å². The zero-order chi connectivity index (χ0) is 20.1. The van der Waals surface area contributed by atoms with E-state index < -0.39 is 5.25 Å². The summed E-state index contributed by atoms with van der Waals surface area (Å²) in [5.74, 6) is 0.0336. The maximum absolute atomic E-state index is 13.2. The topological polar surface area (TPSA) is 55.2 Å². The van der Waals surface area contributed by atoms with Crippen LogP contribution in [0.4, 0.5) is 0 Å². The van der Waals surface area contributed by atoms with E-state index in [0.29, 0.717) is 35.7 Å². The first-order valence-corrected chi connectivity index (χ1v) is 10.5. The molecular weight excluding hydrogens is 370 g/mol. The Morgan fingerprint density at radius 3 is 2.32 bits per heavy atom. The third-order valence-electron chi connectivity index (χ3n) is 4.77. The molecule has 5 nitrogen and oxygen atoms in total. The van der Waals surface area contributed by atoms with Crippen molar-refractivity contribution < 1.29 is 4.79 Å². The van der Waals surface area contributed by atoms with Crippen LogP contribution in [0.1, 0.15) is 31.6 Å². The van der Waals surface area contributed by atoms with Gasteiger partial charge in [0.15, 0.2) is 5.16 Å². The van der Waals surface area contributed by atoms with E-state index in [0.717, 1.165) is 5.56 Å². The summed E-state index contributed by atoms with van der Waals surface area (Å²) >= 11 is 1.35. The molecule has 3 aromatic rings. The Kier molecular flexibility index (Phi) is 6.52. The summed E-state index contributed by atoms with van der Waals surface area (Å²) in [5, 5.41) is 0.715. The number of thioether (sulfide) groups is 1. The third kappa shape index (κ3) is 3.97. The van der Waals surface area contributed by atoms with Crippen LogP contribution in [0, 0.1) is 0 Å². The number of rotatable bonds is 7. The molecule has 1 heterocycles. The lowest BCUT2D eigenvalue weighted by Gasteiger charge is -2.25. The average Bonchev–Trinajstić information content (AvgIpc) is 2.73. The van der Waals surface area contributed by atoms with Crippen LogP contribution in [0.25, 0.3) is 10.9 Å². The molecule has 0 N–H and O–H groups in total. The van der Waals surface area contributed by atoms with Gasteiger partial charge in [-0.25, -0.2) is 4.98 Å². The molecule has 0 unspecified atom stereocenters. The van der Waals surface area contributed by atoms with Gasteiger partial charge >= 0.3 is 0 Å². The maximum Gasteiger partial charge on any atom is 0.262 e. The molecule has 6 heteroatoms. The third-order valence-corrected chi connectivity index (χ3v) is 6.00. The number of hydrogen-bond acceptors (Lipinski definition) is 4. The lowest BCUT2D eigenvalue weighted by Crippen LogP contribution is -2.34. The monoisotopic (exact) mass is 395 g/mol. The molecule has 0 bridgehead atoms. The first-order chi connectivity index (χ1) is 13.6. The standard InChI is InChI=1S/C22H25N3O2S/c1-4-24(5-2)21(27)19(16-12-8-7-9-13-16)28-22-23-18-15-11-10-14-17(18)20(26)25(22)6-3/h7-15,19H,4-6H2,1-3H3/t19-/m0/s1. The molecule has 0 fully saturated rings. The summed E-state index contributed by atoms with van der Waals surface area (Å²) in [6.07, 6.45) is 0. The van der Waals surface area contributed by atoms with Gasteiger partial charge in [0, 0.05) is 19.6 Å². The van der Waals surface area contributed by atoms with Gasteiger partial charge in [0.05, 0.1) is 10.9 Å². The van der Waals surface area contributed by atoms with Crippen LogP contribution in [-0.4, -0.2) is 33.4 Å². The van der Waals surface area contributed by atoms with Gasteiger partial charge in [0.1, 0.15) is 5.25 Å². The molecule has 0 aliphatic carbocycles. The Bertz CT molecular complexity index is 1010. The van der Waals surface area contributed by atoms with Gasteiger partial charge in [0.25, 0.3) is 5.56 Å². The van der Waals surface area contributed by atoms with Crippen molar-refractivity contribution in [2.75, 3.05) is 13.1 Å². The highest BCUT2D eigenvalue weighted by Gasteiger charge is 2.27. The van der Waals surface area contributed by atoms with Crippen LogP contribution < -0.4 is 5.56 Å². The number of carbonyl (C=O) groups is 1. The fraction of sp³-hybridized carbons (Fsp3) is 0.318. The molecule has 3 rings (SSSR count). The number of benzene rings is 2. The number of fused-ring (bicyclic) bond motifs is 1. The Morgan fingerprint density at radius 1 is 1.04 bits per heavy atom. The molecule has 0 radical (unpaired) electrons. The zero-order valence-electron chi connectivity index (χ0n) is 16.5. The minimum Gasteiger partial charge on any atom is -0.342 e. The Morgan fingerprint density at radius 2 is 1.68 bits per heavy atom. The van der Waals surface area contributed by atoms with Crippen molar-refractivity contribution in [2.45, 2.75) is 37.7 Å². The fourth-order valence-electron chi connectivity index (χ4n) is 3.21. The predicted octanol–water partition coefficient (Wildman–Crippen LogP) is 4.12. The highest BCUT2D eigenvalue weighted by molar-refractivity contribution is 8.00. The number of hydrogen-bond donors (Lipinski definition) is 0. The van der Waals surface area contributed by atoms with E-state index in [1.807, 2.05) is 74.2 Å². The Hall–Kier alpha value is -2.60. The van der Waals surface area contributed by atoms with Gasteiger partial charge in [0.2, 0.25) is 5.91 Å². The average molecular weight is 396 g/mol. The van der Waals surface area contributed by atoms with Crippen LogP contribution >= 0.6 is 11.8 Å². The number of para-hydroxylation sites is 1. The summed E-state index contributed by atoms with van der Waals surface area (Å²) in [6.45, 7) is 7.66. The fourth-order valence-corrected chi connectivity index (χ4v) is 4.46. The Balaban J connectivity index is 2.10. The largest absolute Gasteiger partial charge is 0.342 e. The quantitative estimate of drug-likeness (QED) is 0.446. The molecule has 1 amide bonds. The van der Waals surface area contributed by atoms with E-state index in [4.69, 9.17) is 4.98 Å². The molecule has 0 saturated carbocycles. The van der Waals surface area contributed by atoms with Gasteiger partial charge in [-0.1, -0.05) is 54.2 Å². The lowest BCUT2D eigenvalue weighted by atomic mass is 10.1. The van der Waals surface area contributed by atoms with Crippen LogP contribution in [-0.2, 0) is 11.3 Å². The van der Waals surface area contributed by atoms with Crippen LogP contribution in [0.3, 0.4) is 0 Å². The zero-order valence-corrected chi connectivity index (χ0v) is 17.3. The van der Waals surface area contributed by atoms with Crippen molar-refractivity contribution in [1.82, 2.24) is 14.5 Å². The smallest absolute Gasteiger partial charge is 0.262 e. The van der Waals surface area contributed by atoms with E-state index in [1.54, 1.807) is 10.6 Å². The first-order valence-electron chi connectivity index (χ1n) is 9.60. The van der Waals surface area contributed by atoms with Gasteiger partial charge in [-0.15, -0.1) is 0 Å². The maximum atomic E-state index is 13.2. The van der Waals surface area contributed by atoms with Gasteiger partial charge < -0.3 is 4.90 Å². The predicted molar refractivity (Wildman–Crippen MR) is 115 cm³/mol. The van der Waals surface area contributed by atoms with Crippen molar-refractivity contribution in [3.8, 4) is 0 Å². The van der Waals surface area contributed by atoms with E-state index in [1.165, 1.54) is 11.8 Å². The number of aromatic nitrogens is 2. The van der Waals surface area contributed by atoms with E-state index in [2.05, 4.69) is 0 Å². The number of amides is 1. The molecule has 1 atom stereocenters. The van der Waals surface area contributed by atoms with Crippen LogP contribution in [0.5, 0.6) is 0 Å². The summed E-state index contributed by atoms with van der Waals surface area (Å²) in [7, 11) is 0. The van der Waals surface area contributed by atoms with Gasteiger partial charge in [-0.2, -0.15) is 0 Å². The molecule has 146 valence electrons. The summed E-state index contributed by atoms with van der Waals surface area (Å²) in [6, 6.07) is 17.0. The second-order valence-electron chi connectivity index (χ2n) is 6.38. The Labute approximate surface area is 169 Å². The van der Waals surface area contributed by atoms with Crippen molar-refractivity contribution >= 4 is 28.6 Å². The molecule has 0 aliphatic heterocycles. The number of likely N-dealkylation sites (N-methyl/N-ethyl adjacent to an activating group) is 1. The van der Waals surface area contributed by atoms with Crippen molar-refractivity contribution in [3.05, 3.63) is 70.5 Å². The molecule has 2 aromatic carbocycles. The van der Waals surface area contributed by atoms with Crippen molar-refractivity contribution in [3.63, 3.8) is 0 Å². The number of nitrogens with zero attached hydrogens (tertiary/aromatic N) is 3. The minimum absolute atomic E-state index is 0.0336. The summed E-state index contributed by atoms with van der Waals surface area (Å²) < 4.78 is 1.65. The van der Waals surface area contributed by atoms with Crippen LogP contribution in [0.2, 0.25) is 0 Å². The van der Waals surface area contributed by atoms with E-state index in [-0.39, 0.29) is 11.5 Å². The SMILES string of the molecule is CCN(CC)C(=O)[C@@H](Sc1nc2ccccc2c(=O)n1CC)c1ccccc1. The summed E-state index contributed by atoms with van der Waals surface area (Å²) in [5.41, 5.74) is 1.49. The summed E-state index contributed by atoms with van der Waals surface area (Å²) in [4.78, 5) is 32.7. The van der Waals surface area contributed by atoms with Crippen molar-refractivity contribution in [1.29, 1.82) is 0 Å². The normalized spacial score (nSPS) is 12.1. The highest BCUT2D eigenvalue weighted by atomic mass is 32.2. The van der Waals surface area contributed by atoms with Crippen molar-refractivity contribution in [2.24, 2.45) is 0 Å². The van der Waals surface area contributed by atoms with Gasteiger partial charge in [-0.3, -0.25) is 14.2 Å². The molecule has 0 spiro atoms. The molecule has 0 aliphatic rings. The molecular formula is C22H25N3O2S. The second kappa shape index (κ2) is 9.06. The van der Waals surface area contributed by atoms with Gasteiger partial charge in [-0.05, 0) is 38.5 Å².